The highest BCUT2D eigenvalue weighted by Crippen LogP contribution is 2.40. The number of hydrogen-bond acceptors (Lipinski definition) is 5. The molecule has 0 amide bonds. The van der Waals surface area contributed by atoms with Gasteiger partial charge in [0.25, 0.3) is 5.56 Å². The number of aryl methyl sites for hydroxylation is 2. The molecule has 8 heteroatoms. The lowest BCUT2D eigenvalue weighted by Crippen LogP contribution is -2.44. The summed E-state index contributed by atoms with van der Waals surface area (Å²) in [5, 5.41) is 12.8. The van der Waals surface area contributed by atoms with Gasteiger partial charge in [-0.25, -0.2) is 14.2 Å². The van der Waals surface area contributed by atoms with E-state index in [4.69, 9.17) is 9.72 Å². The second-order valence-electron chi connectivity index (χ2n) is 8.79. The number of ether oxygens (including phenoxy) is 1. The van der Waals surface area contributed by atoms with Crippen LogP contribution >= 0.6 is 15.9 Å². The van der Waals surface area contributed by atoms with Gasteiger partial charge in [0.15, 0.2) is 5.60 Å². The number of carbonyl (C=O) groups excluding carboxylic acids is 1. The topological polar surface area (TPSA) is 81.4 Å². The number of unbranched alkanes of at least 4 members (excludes halogenated alkanes) is 1. The molecule has 172 valence electrons. The Kier molecular flexibility index (Phi) is 5.40. The molecule has 0 fully saturated rings. The molecule has 2 aromatic heterocycles. The summed E-state index contributed by atoms with van der Waals surface area (Å²) >= 11 is 3.48. The summed E-state index contributed by atoms with van der Waals surface area (Å²) in [6, 6.07) is 4.97. The lowest BCUT2D eigenvalue weighted by molar-refractivity contribution is -0.172. The van der Waals surface area contributed by atoms with Crippen molar-refractivity contribution in [1.29, 1.82) is 0 Å². The van der Waals surface area contributed by atoms with Crippen LogP contribution < -0.4 is 5.56 Å². The van der Waals surface area contributed by atoms with Crippen LogP contribution in [-0.4, -0.2) is 26.0 Å². The Morgan fingerprint density at radius 3 is 2.76 bits per heavy atom. The number of cyclic esters (lactones) is 1. The Labute approximate surface area is 198 Å². The van der Waals surface area contributed by atoms with Crippen LogP contribution in [0.4, 0.5) is 4.39 Å². The van der Waals surface area contributed by atoms with Gasteiger partial charge in [-0.1, -0.05) is 22.9 Å². The number of rotatable bonds is 5. The van der Waals surface area contributed by atoms with Crippen molar-refractivity contribution in [3.8, 4) is 11.4 Å². The minimum absolute atomic E-state index is 0.0853. The predicted octanol–water partition coefficient (Wildman–Crippen LogP) is 4.24. The van der Waals surface area contributed by atoms with Gasteiger partial charge in [-0.15, -0.1) is 0 Å². The Morgan fingerprint density at radius 2 is 2.03 bits per heavy atom. The number of aliphatic hydroxyl groups is 1. The molecular weight excluding hydrogens is 491 g/mol. The largest absolute Gasteiger partial charge is 0.458 e. The molecule has 0 unspecified atom stereocenters. The number of aromatic nitrogens is 2. The Hall–Kier alpha value is -2.58. The van der Waals surface area contributed by atoms with Gasteiger partial charge >= 0.3 is 5.97 Å². The fraction of sp³-hybridized carbons (Fsp3) is 0.400. The Bertz CT molecular complexity index is 1380. The van der Waals surface area contributed by atoms with Gasteiger partial charge in [0.2, 0.25) is 0 Å². The molecule has 2 aliphatic heterocycles. The zero-order chi connectivity index (χ0) is 23.5. The maximum Gasteiger partial charge on any atom is 0.343 e. The second-order valence-corrected chi connectivity index (χ2v) is 9.58. The van der Waals surface area contributed by atoms with Crippen LogP contribution in [0.15, 0.2) is 23.0 Å². The molecule has 0 radical (unpaired) electrons. The highest BCUT2D eigenvalue weighted by Gasteiger charge is 2.45. The van der Waals surface area contributed by atoms with Crippen LogP contribution in [0.1, 0.15) is 54.0 Å². The molecule has 0 bridgehead atoms. The van der Waals surface area contributed by atoms with Crippen molar-refractivity contribution in [2.45, 2.75) is 58.3 Å². The van der Waals surface area contributed by atoms with Crippen molar-refractivity contribution in [2.24, 2.45) is 0 Å². The molecule has 5 rings (SSSR count). The maximum atomic E-state index is 14.4. The van der Waals surface area contributed by atoms with E-state index in [0.717, 1.165) is 41.1 Å². The first-order chi connectivity index (χ1) is 15.8. The Morgan fingerprint density at radius 1 is 1.24 bits per heavy atom. The number of pyridine rings is 2. The number of fused-ring (bicyclic) bond motifs is 5. The van der Waals surface area contributed by atoms with Gasteiger partial charge in [-0.2, -0.15) is 0 Å². The van der Waals surface area contributed by atoms with E-state index in [1.165, 1.54) is 6.07 Å². The van der Waals surface area contributed by atoms with E-state index >= 15 is 0 Å². The molecule has 3 aromatic rings. The number of benzene rings is 1. The highest BCUT2D eigenvalue weighted by atomic mass is 79.9. The van der Waals surface area contributed by atoms with E-state index in [0.29, 0.717) is 34.6 Å². The van der Waals surface area contributed by atoms with Crippen LogP contribution in [0.25, 0.3) is 22.3 Å². The molecule has 0 saturated carbocycles. The van der Waals surface area contributed by atoms with Gasteiger partial charge < -0.3 is 14.4 Å². The molecule has 0 saturated heterocycles. The molecule has 2 aliphatic rings. The molecule has 1 aromatic carbocycles. The quantitative estimate of drug-likeness (QED) is 0.244. The molecular formula is C25H24BrFN2O4. The van der Waals surface area contributed by atoms with Gasteiger partial charge in [0.05, 0.1) is 29.0 Å². The minimum atomic E-state index is -1.87. The third kappa shape index (κ3) is 3.26. The summed E-state index contributed by atoms with van der Waals surface area (Å²) in [6.45, 7) is 3.59. The first-order valence-electron chi connectivity index (χ1n) is 11.1. The number of hydrogen-bond donors (Lipinski definition) is 1. The van der Waals surface area contributed by atoms with Crippen molar-refractivity contribution in [1.82, 2.24) is 9.55 Å². The third-order valence-corrected chi connectivity index (χ3v) is 7.46. The van der Waals surface area contributed by atoms with Crippen LogP contribution in [0.5, 0.6) is 0 Å². The molecule has 33 heavy (non-hydrogen) atoms. The summed E-state index contributed by atoms with van der Waals surface area (Å²) in [6.07, 6.45) is 2.79. The monoisotopic (exact) mass is 514 g/mol. The normalized spacial score (nSPS) is 18.8. The lowest BCUT2D eigenvalue weighted by Gasteiger charge is -2.31. The van der Waals surface area contributed by atoms with E-state index in [1.807, 2.05) is 6.07 Å². The van der Waals surface area contributed by atoms with E-state index in [9.17, 15) is 19.1 Å². The number of carbonyl (C=O) groups is 1. The van der Waals surface area contributed by atoms with Crippen molar-refractivity contribution in [3.05, 3.63) is 62.2 Å². The van der Waals surface area contributed by atoms with Crippen molar-refractivity contribution in [3.63, 3.8) is 0 Å². The fourth-order valence-electron chi connectivity index (χ4n) is 4.97. The fourth-order valence-corrected chi connectivity index (χ4v) is 5.37. The number of nitrogens with zero attached hydrogens (tertiary/aromatic N) is 2. The summed E-state index contributed by atoms with van der Waals surface area (Å²) in [7, 11) is 0. The van der Waals surface area contributed by atoms with Gasteiger partial charge in [0, 0.05) is 27.9 Å². The maximum absolute atomic E-state index is 14.4. The molecule has 0 spiro atoms. The highest BCUT2D eigenvalue weighted by molar-refractivity contribution is 9.09. The second kappa shape index (κ2) is 8.02. The number of halogens is 2. The lowest BCUT2D eigenvalue weighted by atomic mass is 9.86. The molecule has 4 heterocycles. The van der Waals surface area contributed by atoms with Gasteiger partial charge in [-0.3, -0.25) is 4.79 Å². The van der Waals surface area contributed by atoms with Crippen LogP contribution in [-0.2, 0) is 34.7 Å². The first kappa shape index (κ1) is 22.2. The van der Waals surface area contributed by atoms with Crippen LogP contribution in [0, 0.1) is 12.7 Å². The van der Waals surface area contributed by atoms with E-state index < -0.39 is 11.6 Å². The van der Waals surface area contributed by atoms with Crippen molar-refractivity contribution in [2.75, 3.05) is 5.33 Å². The first-order valence-corrected chi connectivity index (χ1v) is 12.3. The smallest absolute Gasteiger partial charge is 0.343 e. The van der Waals surface area contributed by atoms with Crippen molar-refractivity contribution < 1.29 is 19.0 Å². The van der Waals surface area contributed by atoms with Gasteiger partial charge in [0.1, 0.15) is 12.4 Å². The van der Waals surface area contributed by atoms with Crippen LogP contribution in [0.3, 0.4) is 0 Å². The standard InChI is InChI=1S/C25H24BrFN2O4/c1-3-25(32)18-9-21-22-16(11-29(21)23(30)17(18)12-33-24(25)31)14(6-4-5-7-26)15-8-13(2)19(27)10-20(15)28-22/h8-10,32H,3-7,11-12H2,1-2H3/t25-/m0/s1. The predicted molar refractivity (Wildman–Crippen MR) is 126 cm³/mol. The average molecular weight is 515 g/mol. The van der Waals surface area contributed by atoms with E-state index in [2.05, 4.69) is 15.9 Å². The van der Waals surface area contributed by atoms with Crippen LogP contribution in [0.2, 0.25) is 0 Å². The summed E-state index contributed by atoms with van der Waals surface area (Å²) < 4.78 is 21.2. The zero-order valence-corrected chi connectivity index (χ0v) is 20.1. The summed E-state index contributed by atoms with van der Waals surface area (Å²) in [4.78, 5) is 30.6. The summed E-state index contributed by atoms with van der Waals surface area (Å²) in [5.74, 6) is -1.08. The molecule has 0 aliphatic carbocycles. The SMILES string of the molecule is CC[C@@]1(O)C(=O)OCc2c1cc1n(c2=O)Cc2c-1nc1cc(F)c(C)cc1c2CCCCBr. The third-order valence-electron chi connectivity index (χ3n) is 6.90. The van der Waals surface area contributed by atoms with Crippen molar-refractivity contribution >= 4 is 32.8 Å². The minimum Gasteiger partial charge on any atom is -0.458 e. The number of esters is 1. The van der Waals surface area contributed by atoms with Gasteiger partial charge in [-0.05, 0) is 55.9 Å². The molecule has 1 atom stereocenters. The molecule has 1 N–H and O–H groups in total. The Balaban J connectivity index is 1.78. The zero-order valence-electron chi connectivity index (χ0n) is 18.5. The average Bonchev–Trinajstić information content (AvgIpc) is 3.16. The molecule has 6 nitrogen and oxygen atoms in total. The number of alkyl halides is 1. The van der Waals surface area contributed by atoms with E-state index in [1.54, 1.807) is 24.5 Å². The van der Waals surface area contributed by atoms with E-state index in [-0.39, 0.29) is 30.0 Å². The summed E-state index contributed by atoms with van der Waals surface area (Å²) in [5.41, 5.74) is 2.66.